The third-order valence-corrected chi connectivity index (χ3v) is 6.83. The van der Waals surface area contributed by atoms with E-state index in [0.29, 0.717) is 5.56 Å². The third kappa shape index (κ3) is 4.67. The SMILES string of the molecule is Cc1ccc(CCc2ccc(CS(=O)(=O)C(C)(C)C)cc2)cc1F. The minimum absolute atomic E-state index is 0.0555. The van der Waals surface area contributed by atoms with Crippen LogP contribution in [0.15, 0.2) is 42.5 Å². The molecule has 0 amide bonds. The summed E-state index contributed by atoms with van der Waals surface area (Å²) in [6, 6.07) is 13.0. The van der Waals surface area contributed by atoms with Gasteiger partial charge in [-0.1, -0.05) is 36.4 Å². The first kappa shape index (κ1) is 18.7. The summed E-state index contributed by atoms with van der Waals surface area (Å²) in [6.07, 6.45) is 1.56. The number of sulfone groups is 1. The van der Waals surface area contributed by atoms with E-state index in [1.54, 1.807) is 39.8 Å². The van der Waals surface area contributed by atoms with Crippen molar-refractivity contribution in [2.75, 3.05) is 0 Å². The molecule has 0 N–H and O–H groups in total. The summed E-state index contributed by atoms with van der Waals surface area (Å²) in [7, 11) is -3.17. The lowest BCUT2D eigenvalue weighted by Crippen LogP contribution is -2.29. The van der Waals surface area contributed by atoms with Crippen LogP contribution in [0, 0.1) is 12.7 Å². The van der Waals surface area contributed by atoms with Crippen LogP contribution < -0.4 is 0 Å². The number of hydrogen-bond acceptors (Lipinski definition) is 2. The van der Waals surface area contributed by atoms with Gasteiger partial charge in [-0.15, -0.1) is 0 Å². The summed E-state index contributed by atoms with van der Waals surface area (Å²) in [5.74, 6) is -0.116. The Morgan fingerprint density at radius 1 is 0.875 bits per heavy atom. The van der Waals surface area contributed by atoms with Crippen molar-refractivity contribution in [2.24, 2.45) is 0 Å². The highest BCUT2D eigenvalue weighted by atomic mass is 32.2. The fraction of sp³-hybridized carbons (Fsp3) is 0.400. The smallest absolute Gasteiger partial charge is 0.159 e. The maximum Gasteiger partial charge on any atom is 0.159 e. The fourth-order valence-electron chi connectivity index (χ4n) is 2.32. The summed E-state index contributed by atoms with van der Waals surface area (Å²) < 4.78 is 37.3. The number of aryl methyl sites for hydroxylation is 3. The van der Waals surface area contributed by atoms with E-state index in [4.69, 9.17) is 0 Å². The summed E-state index contributed by atoms with van der Waals surface area (Å²) in [5, 5.41) is 0. The van der Waals surface area contributed by atoms with Crippen molar-refractivity contribution in [3.63, 3.8) is 0 Å². The van der Waals surface area contributed by atoms with Crippen molar-refractivity contribution in [1.82, 2.24) is 0 Å². The summed E-state index contributed by atoms with van der Waals surface area (Å²) in [5.41, 5.74) is 3.54. The maximum absolute atomic E-state index is 13.6. The number of halogens is 1. The lowest BCUT2D eigenvalue weighted by molar-refractivity contribution is 0.559. The van der Waals surface area contributed by atoms with Gasteiger partial charge in [-0.05, 0) is 68.9 Å². The van der Waals surface area contributed by atoms with Crippen LogP contribution in [0.2, 0.25) is 0 Å². The van der Waals surface area contributed by atoms with Crippen LogP contribution in [0.4, 0.5) is 4.39 Å². The second-order valence-electron chi connectivity index (χ2n) is 7.27. The molecule has 130 valence electrons. The number of rotatable bonds is 5. The van der Waals surface area contributed by atoms with Gasteiger partial charge in [0.25, 0.3) is 0 Å². The second-order valence-corrected chi connectivity index (χ2v) is 10.0. The van der Waals surface area contributed by atoms with E-state index < -0.39 is 14.6 Å². The van der Waals surface area contributed by atoms with Crippen LogP contribution in [-0.2, 0) is 28.4 Å². The van der Waals surface area contributed by atoms with Crippen molar-refractivity contribution in [2.45, 2.75) is 51.0 Å². The maximum atomic E-state index is 13.6. The second kappa shape index (κ2) is 7.06. The zero-order valence-electron chi connectivity index (χ0n) is 14.8. The molecular formula is C20H25FO2S. The minimum atomic E-state index is -3.17. The average molecular weight is 348 g/mol. The quantitative estimate of drug-likeness (QED) is 0.789. The van der Waals surface area contributed by atoms with Crippen molar-refractivity contribution in [3.8, 4) is 0 Å². The molecule has 0 atom stereocenters. The zero-order chi connectivity index (χ0) is 18.0. The molecule has 0 aliphatic carbocycles. The Labute approximate surface area is 144 Å². The van der Waals surface area contributed by atoms with Gasteiger partial charge in [0.1, 0.15) is 5.82 Å². The zero-order valence-corrected chi connectivity index (χ0v) is 15.6. The van der Waals surface area contributed by atoms with E-state index in [-0.39, 0.29) is 11.6 Å². The molecule has 2 aromatic carbocycles. The lowest BCUT2D eigenvalue weighted by Gasteiger charge is -2.19. The van der Waals surface area contributed by atoms with Crippen LogP contribution in [0.5, 0.6) is 0 Å². The Bertz CT molecular complexity index is 801. The predicted octanol–water partition coefficient (Wildman–Crippen LogP) is 4.63. The fourth-order valence-corrected chi connectivity index (χ4v) is 3.38. The monoisotopic (exact) mass is 348 g/mol. The standard InChI is InChI=1S/C20H25FO2S/c1-15-5-6-17(13-19(15)21)10-7-16-8-11-18(12-9-16)14-24(22,23)20(2,3)4/h5-6,8-9,11-13H,7,10,14H2,1-4H3. The minimum Gasteiger partial charge on any atom is -0.228 e. The average Bonchev–Trinajstić information content (AvgIpc) is 2.48. The van der Waals surface area contributed by atoms with Gasteiger partial charge >= 0.3 is 0 Å². The van der Waals surface area contributed by atoms with Crippen LogP contribution in [0.25, 0.3) is 0 Å². The van der Waals surface area contributed by atoms with Crippen molar-refractivity contribution >= 4 is 9.84 Å². The largest absolute Gasteiger partial charge is 0.228 e. The molecule has 24 heavy (non-hydrogen) atoms. The van der Waals surface area contributed by atoms with Crippen LogP contribution in [0.3, 0.4) is 0 Å². The Hall–Kier alpha value is -1.68. The number of benzene rings is 2. The Morgan fingerprint density at radius 2 is 1.38 bits per heavy atom. The van der Waals surface area contributed by atoms with Crippen LogP contribution in [0.1, 0.15) is 43.0 Å². The highest BCUT2D eigenvalue weighted by Crippen LogP contribution is 2.21. The molecule has 0 aliphatic rings. The molecule has 0 radical (unpaired) electrons. The topological polar surface area (TPSA) is 34.1 Å². The molecule has 0 heterocycles. The predicted molar refractivity (Wildman–Crippen MR) is 97.4 cm³/mol. The van der Waals surface area contributed by atoms with Gasteiger partial charge in [0.2, 0.25) is 0 Å². The van der Waals surface area contributed by atoms with E-state index in [1.165, 1.54) is 0 Å². The first-order valence-corrected chi connectivity index (χ1v) is 9.79. The molecule has 0 saturated heterocycles. The molecule has 2 nitrogen and oxygen atoms in total. The van der Waals surface area contributed by atoms with E-state index in [0.717, 1.165) is 29.5 Å². The molecule has 4 heteroatoms. The van der Waals surface area contributed by atoms with Crippen molar-refractivity contribution < 1.29 is 12.8 Å². The molecule has 0 spiro atoms. The molecular weight excluding hydrogens is 323 g/mol. The van der Waals surface area contributed by atoms with Gasteiger partial charge < -0.3 is 0 Å². The molecule has 0 fully saturated rings. The first-order valence-electron chi connectivity index (χ1n) is 8.14. The van der Waals surface area contributed by atoms with E-state index in [9.17, 15) is 12.8 Å². The van der Waals surface area contributed by atoms with Gasteiger partial charge in [0.15, 0.2) is 9.84 Å². The summed E-state index contributed by atoms with van der Waals surface area (Å²) in [6.45, 7) is 6.91. The molecule has 0 aromatic heterocycles. The van der Waals surface area contributed by atoms with Gasteiger partial charge in [-0.25, -0.2) is 12.8 Å². The molecule has 0 saturated carbocycles. The normalized spacial score (nSPS) is 12.4. The molecule has 0 bridgehead atoms. The molecule has 0 aliphatic heterocycles. The van der Waals surface area contributed by atoms with E-state index in [2.05, 4.69) is 0 Å². The summed E-state index contributed by atoms with van der Waals surface area (Å²) >= 11 is 0. The van der Waals surface area contributed by atoms with Crippen LogP contribution >= 0.6 is 0 Å². The summed E-state index contributed by atoms with van der Waals surface area (Å²) in [4.78, 5) is 0. The first-order chi connectivity index (χ1) is 11.1. The molecule has 0 unspecified atom stereocenters. The van der Waals surface area contributed by atoms with Crippen LogP contribution in [-0.4, -0.2) is 13.2 Å². The van der Waals surface area contributed by atoms with Gasteiger partial charge in [0, 0.05) is 0 Å². The third-order valence-electron chi connectivity index (χ3n) is 4.25. The Kier molecular flexibility index (Phi) is 5.49. The van der Waals surface area contributed by atoms with Gasteiger partial charge in [-0.3, -0.25) is 0 Å². The van der Waals surface area contributed by atoms with Gasteiger partial charge in [-0.2, -0.15) is 0 Å². The van der Waals surface area contributed by atoms with E-state index >= 15 is 0 Å². The highest BCUT2D eigenvalue weighted by Gasteiger charge is 2.28. The number of hydrogen-bond donors (Lipinski definition) is 0. The molecule has 2 rings (SSSR count). The van der Waals surface area contributed by atoms with Gasteiger partial charge in [0.05, 0.1) is 10.5 Å². The Morgan fingerprint density at radius 3 is 1.92 bits per heavy atom. The van der Waals surface area contributed by atoms with Crippen molar-refractivity contribution in [1.29, 1.82) is 0 Å². The van der Waals surface area contributed by atoms with E-state index in [1.807, 2.05) is 30.3 Å². The Balaban J connectivity index is 2.01. The van der Waals surface area contributed by atoms with Crippen molar-refractivity contribution in [3.05, 3.63) is 70.5 Å². The molecule has 2 aromatic rings. The lowest BCUT2D eigenvalue weighted by atomic mass is 10.0. The highest BCUT2D eigenvalue weighted by molar-refractivity contribution is 7.91.